The van der Waals surface area contributed by atoms with Gasteiger partial charge in [-0.3, -0.25) is 4.79 Å². The van der Waals surface area contributed by atoms with Crippen molar-refractivity contribution in [1.82, 2.24) is 0 Å². The summed E-state index contributed by atoms with van der Waals surface area (Å²) >= 11 is 2.74. The van der Waals surface area contributed by atoms with Gasteiger partial charge in [0.15, 0.2) is 5.13 Å². The summed E-state index contributed by atoms with van der Waals surface area (Å²) in [6.07, 6.45) is 3.45. The quantitative estimate of drug-likeness (QED) is 0.734. The lowest BCUT2D eigenvalue weighted by molar-refractivity contribution is -0.141. The van der Waals surface area contributed by atoms with Crippen molar-refractivity contribution in [2.75, 3.05) is 0 Å². The molecule has 0 radical (unpaired) electrons. The van der Waals surface area contributed by atoms with Crippen LogP contribution in [0.5, 0.6) is 0 Å². The molecule has 0 aliphatic heterocycles. The van der Waals surface area contributed by atoms with Crippen LogP contribution >= 0.6 is 22.7 Å². The molecule has 0 bridgehead atoms. The van der Waals surface area contributed by atoms with Gasteiger partial charge in [-0.25, -0.2) is 0 Å². The Labute approximate surface area is 137 Å². The van der Waals surface area contributed by atoms with Gasteiger partial charge in [-0.15, -0.1) is 22.7 Å². The van der Waals surface area contributed by atoms with Gasteiger partial charge in [-0.1, -0.05) is 19.9 Å². The molecule has 0 saturated heterocycles. The van der Waals surface area contributed by atoms with Gasteiger partial charge in [0.25, 0.3) is 0 Å². The molecule has 22 heavy (non-hydrogen) atoms. The predicted molar refractivity (Wildman–Crippen MR) is 92.0 cm³/mol. The minimum atomic E-state index is -0.792. The molecule has 2 heterocycles. The second-order valence-electron chi connectivity index (χ2n) is 5.18. The zero-order chi connectivity index (χ0) is 16.3. The SMILES string of the molecule is CC=C(CC)c1sc(-c2ccc(F)s2)cc1CC(C)C(=O)O. The standard InChI is InChI=1S/C17H19FO2S2/c1-4-11(5-2)16-12(8-10(3)17(19)20)9-14(22-16)13-6-7-15(18)21-13/h4,6-7,9-10H,5,8H2,1-3H3,(H,19,20). The van der Waals surface area contributed by atoms with Gasteiger partial charge in [0, 0.05) is 14.6 Å². The van der Waals surface area contributed by atoms with Crippen molar-refractivity contribution in [2.24, 2.45) is 5.92 Å². The number of carboxylic acid groups (broad SMARTS) is 1. The Morgan fingerprint density at radius 2 is 2.09 bits per heavy atom. The third-order valence-corrected chi connectivity index (χ3v) is 5.92. The molecule has 5 heteroatoms. The number of rotatable bonds is 6. The van der Waals surface area contributed by atoms with Gasteiger partial charge in [-0.2, -0.15) is 4.39 Å². The summed E-state index contributed by atoms with van der Waals surface area (Å²) in [4.78, 5) is 14.2. The Morgan fingerprint density at radius 1 is 1.36 bits per heavy atom. The van der Waals surface area contributed by atoms with Gasteiger partial charge in [0.2, 0.25) is 0 Å². The molecular weight excluding hydrogens is 319 g/mol. The first-order chi connectivity index (χ1) is 10.5. The van der Waals surface area contributed by atoms with E-state index in [1.165, 1.54) is 11.6 Å². The van der Waals surface area contributed by atoms with Crippen LogP contribution in [-0.2, 0) is 11.2 Å². The molecule has 0 aliphatic carbocycles. The molecular formula is C17H19FO2S2. The first-order valence-electron chi connectivity index (χ1n) is 7.23. The van der Waals surface area contributed by atoms with E-state index in [0.717, 1.165) is 38.0 Å². The van der Waals surface area contributed by atoms with E-state index in [1.54, 1.807) is 24.3 Å². The Bertz CT molecular complexity index is 697. The summed E-state index contributed by atoms with van der Waals surface area (Å²) in [5.74, 6) is -1.23. The smallest absolute Gasteiger partial charge is 0.306 e. The molecule has 0 aromatic carbocycles. The number of thiophene rings is 2. The van der Waals surface area contributed by atoms with E-state index in [-0.39, 0.29) is 5.13 Å². The molecule has 2 rings (SSSR count). The number of carbonyl (C=O) groups is 1. The fraction of sp³-hybridized carbons (Fsp3) is 0.353. The van der Waals surface area contributed by atoms with E-state index in [9.17, 15) is 9.18 Å². The molecule has 0 fully saturated rings. The van der Waals surface area contributed by atoms with Gasteiger partial charge in [0.1, 0.15) is 0 Å². The topological polar surface area (TPSA) is 37.3 Å². The van der Waals surface area contributed by atoms with Crippen LogP contribution < -0.4 is 0 Å². The third kappa shape index (κ3) is 3.65. The Hall–Kier alpha value is -1.46. The number of halogens is 1. The van der Waals surface area contributed by atoms with Gasteiger partial charge in [0.05, 0.1) is 5.92 Å². The molecule has 0 saturated carbocycles. The second kappa shape index (κ2) is 7.20. The maximum Gasteiger partial charge on any atom is 0.306 e. The van der Waals surface area contributed by atoms with Crippen molar-refractivity contribution in [2.45, 2.75) is 33.6 Å². The Balaban J connectivity index is 2.45. The summed E-state index contributed by atoms with van der Waals surface area (Å²) in [6, 6.07) is 5.26. The van der Waals surface area contributed by atoms with Crippen LogP contribution in [0.1, 0.15) is 37.6 Å². The van der Waals surface area contributed by atoms with Gasteiger partial charge in [-0.05, 0) is 49.1 Å². The fourth-order valence-electron chi connectivity index (χ4n) is 2.33. The van der Waals surface area contributed by atoms with Crippen LogP contribution in [0.2, 0.25) is 0 Å². The summed E-state index contributed by atoms with van der Waals surface area (Å²) in [6.45, 7) is 5.80. The highest BCUT2D eigenvalue weighted by atomic mass is 32.1. The number of hydrogen-bond donors (Lipinski definition) is 1. The first-order valence-corrected chi connectivity index (χ1v) is 8.86. The normalized spacial score (nSPS) is 13.4. The largest absolute Gasteiger partial charge is 0.481 e. The van der Waals surface area contributed by atoms with Crippen molar-refractivity contribution in [1.29, 1.82) is 0 Å². The lowest BCUT2D eigenvalue weighted by Gasteiger charge is -2.08. The molecule has 0 spiro atoms. The average Bonchev–Trinajstić information content (AvgIpc) is 3.07. The molecule has 1 unspecified atom stereocenters. The average molecular weight is 338 g/mol. The maximum absolute atomic E-state index is 13.3. The molecule has 2 nitrogen and oxygen atoms in total. The number of allylic oxidation sites excluding steroid dienone is 2. The van der Waals surface area contributed by atoms with Crippen LogP contribution in [0.25, 0.3) is 15.3 Å². The zero-order valence-electron chi connectivity index (χ0n) is 12.9. The second-order valence-corrected chi connectivity index (χ2v) is 7.27. The Morgan fingerprint density at radius 3 is 2.59 bits per heavy atom. The zero-order valence-corrected chi connectivity index (χ0v) is 14.5. The number of aliphatic carboxylic acids is 1. The molecule has 0 amide bonds. The molecule has 118 valence electrons. The fourth-order valence-corrected chi connectivity index (χ4v) is 4.48. The third-order valence-electron chi connectivity index (χ3n) is 3.59. The molecule has 2 aromatic heterocycles. The van der Waals surface area contributed by atoms with Gasteiger partial charge >= 0.3 is 5.97 Å². The monoisotopic (exact) mass is 338 g/mol. The highest BCUT2D eigenvalue weighted by Gasteiger charge is 2.19. The highest BCUT2D eigenvalue weighted by molar-refractivity contribution is 7.22. The van der Waals surface area contributed by atoms with E-state index in [2.05, 4.69) is 13.0 Å². The van der Waals surface area contributed by atoms with Crippen molar-refractivity contribution in [3.8, 4) is 9.75 Å². The summed E-state index contributed by atoms with van der Waals surface area (Å²) in [5, 5.41) is 8.95. The van der Waals surface area contributed by atoms with Crippen LogP contribution in [0.3, 0.4) is 0 Å². The number of hydrogen-bond acceptors (Lipinski definition) is 3. The minimum Gasteiger partial charge on any atom is -0.481 e. The summed E-state index contributed by atoms with van der Waals surface area (Å²) in [7, 11) is 0. The molecule has 2 aromatic rings. The lowest BCUT2D eigenvalue weighted by atomic mass is 9.98. The summed E-state index contributed by atoms with van der Waals surface area (Å²) in [5.41, 5.74) is 2.25. The van der Waals surface area contributed by atoms with E-state index < -0.39 is 11.9 Å². The van der Waals surface area contributed by atoms with E-state index in [0.29, 0.717) is 6.42 Å². The van der Waals surface area contributed by atoms with Crippen molar-refractivity contribution in [3.05, 3.63) is 39.8 Å². The van der Waals surface area contributed by atoms with E-state index >= 15 is 0 Å². The van der Waals surface area contributed by atoms with E-state index in [4.69, 9.17) is 5.11 Å². The highest BCUT2D eigenvalue weighted by Crippen LogP contribution is 2.40. The minimum absolute atomic E-state index is 0.202. The van der Waals surface area contributed by atoms with Crippen LogP contribution in [0.4, 0.5) is 4.39 Å². The summed E-state index contributed by atoms with van der Waals surface area (Å²) < 4.78 is 13.3. The number of carboxylic acids is 1. The molecule has 0 aliphatic rings. The predicted octanol–water partition coefficient (Wildman–Crippen LogP) is 5.69. The lowest BCUT2D eigenvalue weighted by Crippen LogP contribution is -2.12. The molecule has 1 atom stereocenters. The molecule has 1 N–H and O–H groups in total. The van der Waals surface area contributed by atoms with Crippen molar-refractivity contribution in [3.63, 3.8) is 0 Å². The Kier molecular flexibility index (Phi) is 5.53. The van der Waals surface area contributed by atoms with Crippen LogP contribution in [0, 0.1) is 11.0 Å². The van der Waals surface area contributed by atoms with Crippen LogP contribution in [0.15, 0.2) is 24.3 Å². The van der Waals surface area contributed by atoms with Crippen LogP contribution in [-0.4, -0.2) is 11.1 Å². The maximum atomic E-state index is 13.3. The van der Waals surface area contributed by atoms with Crippen molar-refractivity contribution >= 4 is 34.2 Å². The van der Waals surface area contributed by atoms with E-state index in [1.807, 2.05) is 13.0 Å². The van der Waals surface area contributed by atoms with Gasteiger partial charge < -0.3 is 5.11 Å². The van der Waals surface area contributed by atoms with Crippen molar-refractivity contribution < 1.29 is 14.3 Å². The first kappa shape index (κ1) is 16.9.